The molecule has 1 heterocycles. The van der Waals surface area contributed by atoms with E-state index in [0.717, 1.165) is 23.4 Å². The van der Waals surface area contributed by atoms with Crippen LogP contribution in [0.5, 0.6) is 0 Å². The van der Waals surface area contributed by atoms with Crippen LogP contribution >= 0.6 is 24.8 Å². The van der Waals surface area contributed by atoms with Crippen LogP contribution in [0, 0.1) is 5.41 Å². The topological polar surface area (TPSA) is 72.9 Å². The van der Waals surface area contributed by atoms with Crippen molar-refractivity contribution in [2.75, 3.05) is 0 Å². The van der Waals surface area contributed by atoms with Crippen LogP contribution in [0.15, 0.2) is 24.3 Å². The fraction of sp³-hybridized carbons (Fsp3) is 0.529. The van der Waals surface area contributed by atoms with Crippen LogP contribution in [0.3, 0.4) is 0 Å². The molecule has 0 fully saturated rings. The molecular formula is C17H28Cl2N4O. The van der Waals surface area contributed by atoms with Gasteiger partial charge in [0, 0.05) is 6.54 Å². The number of nitrogens with one attached hydrogen (secondary N) is 1. The Morgan fingerprint density at radius 2 is 1.88 bits per heavy atom. The highest BCUT2D eigenvalue weighted by Gasteiger charge is 2.29. The maximum atomic E-state index is 12.3. The number of hydrogen-bond acceptors (Lipinski definition) is 3. The van der Waals surface area contributed by atoms with Crippen molar-refractivity contribution in [3.8, 4) is 0 Å². The van der Waals surface area contributed by atoms with Crippen LogP contribution in [-0.2, 0) is 11.3 Å². The summed E-state index contributed by atoms with van der Waals surface area (Å²) >= 11 is 0. The lowest BCUT2D eigenvalue weighted by atomic mass is 9.87. The summed E-state index contributed by atoms with van der Waals surface area (Å²) in [6, 6.07) is 7.27. The number of hydrogen-bond donors (Lipinski definition) is 2. The maximum Gasteiger partial charge on any atom is 0.238 e. The van der Waals surface area contributed by atoms with Gasteiger partial charge in [0.1, 0.15) is 5.82 Å². The van der Waals surface area contributed by atoms with Crippen molar-refractivity contribution in [1.29, 1.82) is 0 Å². The number of carbonyl (C=O) groups is 1. The minimum absolute atomic E-state index is 0. The van der Waals surface area contributed by atoms with Crippen molar-refractivity contribution in [3.63, 3.8) is 0 Å². The summed E-state index contributed by atoms with van der Waals surface area (Å²) < 4.78 is 2.13. The maximum absolute atomic E-state index is 12.3. The summed E-state index contributed by atoms with van der Waals surface area (Å²) in [6.45, 7) is 10.7. The number of rotatable bonds is 4. The third-order valence-electron chi connectivity index (χ3n) is 3.96. The Morgan fingerprint density at radius 1 is 1.29 bits per heavy atom. The number of benzene rings is 1. The predicted molar refractivity (Wildman–Crippen MR) is 104 cm³/mol. The number of para-hydroxylation sites is 2. The summed E-state index contributed by atoms with van der Waals surface area (Å²) in [5.41, 5.74) is 7.79. The number of nitrogens with zero attached hydrogens (tertiary/aromatic N) is 2. The van der Waals surface area contributed by atoms with E-state index in [1.807, 2.05) is 52.0 Å². The summed E-state index contributed by atoms with van der Waals surface area (Å²) in [5.74, 6) is 0.716. The first-order chi connectivity index (χ1) is 10.3. The Kier molecular flexibility index (Phi) is 8.22. The zero-order valence-electron chi connectivity index (χ0n) is 14.9. The second-order valence-corrected chi connectivity index (χ2v) is 6.78. The van der Waals surface area contributed by atoms with E-state index in [1.54, 1.807) is 0 Å². The average molecular weight is 375 g/mol. The van der Waals surface area contributed by atoms with E-state index in [-0.39, 0.29) is 42.2 Å². The Bertz CT molecular complexity index is 679. The van der Waals surface area contributed by atoms with Gasteiger partial charge in [0.05, 0.1) is 23.1 Å². The van der Waals surface area contributed by atoms with Crippen molar-refractivity contribution in [2.24, 2.45) is 11.1 Å². The molecule has 3 N–H and O–H groups in total. The molecule has 2 aromatic rings. The highest BCUT2D eigenvalue weighted by Crippen LogP contribution is 2.22. The molecule has 0 saturated heterocycles. The quantitative estimate of drug-likeness (QED) is 0.860. The molecule has 24 heavy (non-hydrogen) atoms. The molecule has 1 aromatic heterocycles. The second-order valence-electron chi connectivity index (χ2n) is 6.78. The van der Waals surface area contributed by atoms with Gasteiger partial charge in [-0.25, -0.2) is 4.98 Å². The molecule has 0 aliphatic rings. The predicted octanol–water partition coefficient (Wildman–Crippen LogP) is 3.45. The van der Waals surface area contributed by atoms with Gasteiger partial charge in [-0.1, -0.05) is 32.9 Å². The van der Waals surface area contributed by atoms with Gasteiger partial charge in [-0.15, -0.1) is 24.8 Å². The van der Waals surface area contributed by atoms with Gasteiger partial charge in [-0.05, 0) is 31.4 Å². The van der Waals surface area contributed by atoms with Crippen LogP contribution in [-0.4, -0.2) is 21.5 Å². The number of aryl methyl sites for hydroxylation is 1. The number of nitrogens with two attached hydrogens (primary N) is 1. The SMILES string of the molecule is CCn1c(C(C)NC(=O)[C@@H](N)C(C)(C)C)nc2ccccc21.Cl.Cl. The van der Waals surface area contributed by atoms with Gasteiger partial charge < -0.3 is 15.6 Å². The van der Waals surface area contributed by atoms with Crippen LogP contribution in [0.1, 0.15) is 46.5 Å². The molecule has 1 amide bonds. The Hall–Kier alpha value is -1.30. The van der Waals surface area contributed by atoms with Crippen LogP contribution in [0.4, 0.5) is 0 Å². The number of aromatic nitrogens is 2. The van der Waals surface area contributed by atoms with E-state index < -0.39 is 6.04 Å². The van der Waals surface area contributed by atoms with E-state index in [2.05, 4.69) is 21.8 Å². The molecule has 136 valence electrons. The zero-order chi connectivity index (χ0) is 16.5. The lowest BCUT2D eigenvalue weighted by molar-refractivity contribution is -0.125. The summed E-state index contributed by atoms with van der Waals surface area (Å²) in [7, 11) is 0. The standard InChI is InChI=1S/C17H26N4O.2ClH/c1-6-21-13-10-8-7-9-12(13)20-15(21)11(2)19-16(22)14(18)17(3,4)5;;/h7-11,14H,6,18H2,1-5H3,(H,19,22);2*1H/t11?,14-;;/m1../s1. The monoisotopic (exact) mass is 374 g/mol. The summed E-state index contributed by atoms with van der Waals surface area (Å²) in [4.78, 5) is 17.0. The number of fused-ring (bicyclic) bond motifs is 1. The smallest absolute Gasteiger partial charge is 0.238 e. The van der Waals surface area contributed by atoms with Crippen molar-refractivity contribution in [2.45, 2.75) is 53.2 Å². The van der Waals surface area contributed by atoms with Gasteiger partial charge in [0.2, 0.25) is 5.91 Å². The number of carbonyl (C=O) groups excluding carboxylic acids is 1. The normalized spacial score (nSPS) is 13.6. The molecule has 0 radical (unpaired) electrons. The lowest BCUT2D eigenvalue weighted by Gasteiger charge is -2.27. The summed E-state index contributed by atoms with van der Waals surface area (Å²) in [5, 5.41) is 2.99. The van der Waals surface area contributed by atoms with Gasteiger partial charge in [-0.3, -0.25) is 4.79 Å². The zero-order valence-corrected chi connectivity index (χ0v) is 16.5. The fourth-order valence-electron chi connectivity index (χ4n) is 2.52. The minimum Gasteiger partial charge on any atom is -0.345 e. The Balaban J connectivity index is 0.00000264. The van der Waals surface area contributed by atoms with Gasteiger partial charge >= 0.3 is 0 Å². The van der Waals surface area contributed by atoms with E-state index in [0.29, 0.717) is 0 Å². The molecule has 0 aliphatic heterocycles. The first-order valence-electron chi connectivity index (χ1n) is 7.76. The molecule has 0 aliphatic carbocycles. The van der Waals surface area contributed by atoms with E-state index in [9.17, 15) is 4.79 Å². The minimum atomic E-state index is -0.547. The molecule has 0 spiro atoms. The van der Waals surface area contributed by atoms with Crippen LogP contribution in [0.2, 0.25) is 0 Å². The second kappa shape index (κ2) is 8.70. The van der Waals surface area contributed by atoms with Crippen molar-refractivity contribution in [1.82, 2.24) is 14.9 Å². The first kappa shape index (κ1) is 22.7. The largest absolute Gasteiger partial charge is 0.345 e. The van der Waals surface area contributed by atoms with Gasteiger partial charge in [-0.2, -0.15) is 0 Å². The number of amides is 1. The molecule has 7 heteroatoms. The van der Waals surface area contributed by atoms with Gasteiger partial charge in [0.25, 0.3) is 0 Å². The fourth-order valence-corrected chi connectivity index (χ4v) is 2.52. The first-order valence-corrected chi connectivity index (χ1v) is 7.76. The van der Waals surface area contributed by atoms with E-state index in [1.165, 1.54) is 0 Å². The molecule has 2 atom stereocenters. The highest BCUT2D eigenvalue weighted by molar-refractivity contribution is 5.85. The van der Waals surface area contributed by atoms with Crippen LogP contribution < -0.4 is 11.1 Å². The molecule has 5 nitrogen and oxygen atoms in total. The molecule has 1 unspecified atom stereocenters. The number of halogens is 2. The van der Waals surface area contributed by atoms with E-state index >= 15 is 0 Å². The Labute approximate surface area is 156 Å². The number of imidazole rings is 1. The molecule has 0 saturated carbocycles. The van der Waals surface area contributed by atoms with Crippen molar-refractivity contribution >= 4 is 41.8 Å². The highest BCUT2D eigenvalue weighted by atomic mass is 35.5. The van der Waals surface area contributed by atoms with Gasteiger partial charge in [0.15, 0.2) is 0 Å². The van der Waals surface area contributed by atoms with Crippen molar-refractivity contribution in [3.05, 3.63) is 30.1 Å². The molecule has 2 rings (SSSR count). The Morgan fingerprint density at radius 3 is 2.42 bits per heavy atom. The van der Waals surface area contributed by atoms with Crippen molar-refractivity contribution < 1.29 is 4.79 Å². The van der Waals surface area contributed by atoms with E-state index in [4.69, 9.17) is 5.73 Å². The molecule has 1 aromatic carbocycles. The molecule has 0 bridgehead atoms. The third kappa shape index (κ3) is 4.62. The molecular weight excluding hydrogens is 347 g/mol. The lowest BCUT2D eigenvalue weighted by Crippen LogP contribution is -2.49. The third-order valence-corrected chi connectivity index (χ3v) is 3.96. The summed E-state index contributed by atoms with van der Waals surface area (Å²) in [6.07, 6.45) is 0. The average Bonchev–Trinajstić information content (AvgIpc) is 2.83. The van der Waals surface area contributed by atoms with Crippen LogP contribution in [0.25, 0.3) is 11.0 Å².